The first kappa shape index (κ1) is 15.3. The standard InChI is InChI=1S/C17H17ClFN5/c1-11-10-14(23-8-3-2-4-9-23)24-17(20-11)21-16(22-24)15-12(18)6-5-7-13(15)19/h5-7,10H,2-4,8-9H2,1H3. The molecule has 0 aliphatic carbocycles. The third-order valence-corrected chi connectivity index (χ3v) is 4.60. The van der Waals surface area contributed by atoms with Gasteiger partial charge >= 0.3 is 0 Å². The van der Waals surface area contributed by atoms with Gasteiger partial charge in [0.1, 0.15) is 11.6 Å². The summed E-state index contributed by atoms with van der Waals surface area (Å²) in [6.45, 7) is 3.89. The number of aryl methyl sites for hydroxylation is 1. The summed E-state index contributed by atoms with van der Waals surface area (Å²) in [5, 5.41) is 4.79. The summed E-state index contributed by atoms with van der Waals surface area (Å²) in [5.41, 5.74) is 1.08. The van der Waals surface area contributed by atoms with E-state index in [1.54, 1.807) is 16.6 Å². The number of fused-ring (bicyclic) bond motifs is 1. The van der Waals surface area contributed by atoms with Crippen molar-refractivity contribution in [3.8, 4) is 11.4 Å². The molecule has 1 aliphatic rings. The zero-order chi connectivity index (χ0) is 16.7. The molecule has 0 bridgehead atoms. The summed E-state index contributed by atoms with van der Waals surface area (Å²) >= 11 is 6.15. The number of halogens is 2. The Morgan fingerprint density at radius 2 is 1.92 bits per heavy atom. The largest absolute Gasteiger partial charge is 0.356 e. The number of anilines is 1. The average Bonchev–Trinajstić information content (AvgIpc) is 2.98. The molecular weight excluding hydrogens is 329 g/mol. The number of nitrogens with zero attached hydrogens (tertiary/aromatic N) is 5. The molecule has 0 N–H and O–H groups in total. The third kappa shape index (κ3) is 2.60. The molecule has 24 heavy (non-hydrogen) atoms. The lowest BCUT2D eigenvalue weighted by Gasteiger charge is -2.28. The fraction of sp³-hybridized carbons (Fsp3) is 0.353. The minimum atomic E-state index is -0.436. The van der Waals surface area contributed by atoms with Crippen LogP contribution in [0.5, 0.6) is 0 Å². The first-order valence-corrected chi connectivity index (χ1v) is 8.45. The van der Waals surface area contributed by atoms with Gasteiger partial charge in [-0.05, 0) is 38.3 Å². The number of aromatic nitrogens is 4. The number of benzene rings is 1. The summed E-state index contributed by atoms with van der Waals surface area (Å²) in [7, 11) is 0. The second-order valence-electron chi connectivity index (χ2n) is 6.05. The van der Waals surface area contributed by atoms with Gasteiger partial charge in [-0.3, -0.25) is 0 Å². The molecule has 0 saturated carbocycles. The van der Waals surface area contributed by atoms with E-state index >= 15 is 0 Å². The van der Waals surface area contributed by atoms with E-state index in [9.17, 15) is 4.39 Å². The van der Waals surface area contributed by atoms with E-state index in [1.165, 1.54) is 12.5 Å². The van der Waals surface area contributed by atoms with Crippen molar-refractivity contribution in [1.82, 2.24) is 19.6 Å². The number of hydrogen-bond acceptors (Lipinski definition) is 4. The van der Waals surface area contributed by atoms with E-state index in [0.717, 1.165) is 37.4 Å². The summed E-state index contributed by atoms with van der Waals surface area (Å²) in [5.74, 6) is 1.23. The molecule has 0 atom stereocenters. The molecule has 1 aliphatic heterocycles. The molecule has 1 saturated heterocycles. The van der Waals surface area contributed by atoms with Crippen LogP contribution in [-0.4, -0.2) is 32.7 Å². The van der Waals surface area contributed by atoms with Gasteiger partial charge in [0.15, 0.2) is 5.82 Å². The molecule has 3 heterocycles. The topological polar surface area (TPSA) is 46.3 Å². The maximum absolute atomic E-state index is 14.2. The molecule has 0 unspecified atom stereocenters. The van der Waals surface area contributed by atoms with Gasteiger partial charge in [-0.2, -0.15) is 9.50 Å². The van der Waals surface area contributed by atoms with E-state index in [1.807, 2.05) is 13.0 Å². The Morgan fingerprint density at radius 3 is 2.67 bits per heavy atom. The molecule has 124 valence electrons. The Hall–Kier alpha value is -2.21. The average molecular weight is 346 g/mol. The molecule has 2 aromatic heterocycles. The zero-order valence-electron chi connectivity index (χ0n) is 13.3. The fourth-order valence-electron chi connectivity index (χ4n) is 3.13. The van der Waals surface area contributed by atoms with Gasteiger partial charge in [-0.1, -0.05) is 17.7 Å². The summed E-state index contributed by atoms with van der Waals surface area (Å²) < 4.78 is 15.9. The van der Waals surface area contributed by atoms with Crippen molar-refractivity contribution in [3.63, 3.8) is 0 Å². The zero-order valence-corrected chi connectivity index (χ0v) is 14.1. The normalized spacial score (nSPS) is 15.2. The van der Waals surface area contributed by atoms with E-state index in [0.29, 0.717) is 10.8 Å². The molecule has 1 aromatic carbocycles. The maximum Gasteiger partial charge on any atom is 0.254 e. The van der Waals surface area contributed by atoms with Gasteiger partial charge in [0, 0.05) is 24.8 Å². The van der Waals surface area contributed by atoms with Crippen molar-refractivity contribution in [2.75, 3.05) is 18.0 Å². The Balaban J connectivity index is 1.89. The van der Waals surface area contributed by atoms with Crippen molar-refractivity contribution in [2.45, 2.75) is 26.2 Å². The van der Waals surface area contributed by atoms with E-state index in [-0.39, 0.29) is 11.4 Å². The highest BCUT2D eigenvalue weighted by molar-refractivity contribution is 6.33. The van der Waals surface area contributed by atoms with Crippen molar-refractivity contribution in [2.24, 2.45) is 0 Å². The molecule has 7 heteroatoms. The summed E-state index contributed by atoms with van der Waals surface area (Å²) in [6.07, 6.45) is 3.56. The van der Waals surface area contributed by atoms with Crippen LogP contribution in [0.3, 0.4) is 0 Å². The first-order valence-electron chi connectivity index (χ1n) is 8.07. The Bertz CT molecular complexity index is 881. The van der Waals surface area contributed by atoms with Crippen LogP contribution < -0.4 is 4.90 Å². The highest BCUT2D eigenvalue weighted by atomic mass is 35.5. The van der Waals surface area contributed by atoms with Crippen LogP contribution in [-0.2, 0) is 0 Å². The lowest BCUT2D eigenvalue weighted by atomic mass is 10.1. The van der Waals surface area contributed by atoms with Crippen LogP contribution in [0.15, 0.2) is 24.3 Å². The fourth-order valence-corrected chi connectivity index (χ4v) is 3.38. The lowest BCUT2D eigenvalue weighted by molar-refractivity contribution is 0.568. The highest BCUT2D eigenvalue weighted by Crippen LogP contribution is 2.29. The SMILES string of the molecule is Cc1cc(N2CCCCC2)n2nc(-c3c(F)cccc3Cl)nc2n1. The molecule has 4 rings (SSSR count). The smallest absolute Gasteiger partial charge is 0.254 e. The summed E-state index contributed by atoms with van der Waals surface area (Å²) in [6, 6.07) is 6.56. The van der Waals surface area contributed by atoms with Gasteiger partial charge < -0.3 is 4.90 Å². The second-order valence-corrected chi connectivity index (χ2v) is 6.45. The molecule has 5 nitrogen and oxygen atoms in total. The van der Waals surface area contributed by atoms with Crippen molar-refractivity contribution >= 4 is 23.2 Å². The summed E-state index contributed by atoms with van der Waals surface area (Å²) in [4.78, 5) is 11.1. The van der Waals surface area contributed by atoms with Crippen LogP contribution in [0.25, 0.3) is 17.2 Å². The number of hydrogen-bond donors (Lipinski definition) is 0. The van der Waals surface area contributed by atoms with Gasteiger partial charge in [-0.15, -0.1) is 5.10 Å². The predicted molar refractivity (Wildman–Crippen MR) is 92.0 cm³/mol. The molecule has 0 spiro atoms. The highest BCUT2D eigenvalue weighted by Gasteiger charge is 2.20. The van der Waals surface area contributed by atoms with E-state index < -0.39 is 5.82 Å². The van der Waals surface area contributed by atoms with Crippen molar-refractivity contribution in [1.29, 1.82) is 0 Å². The van der Waals surface area contributed by atoms with Gasteiger partial charge in [0.05, 0.1) is 10.6 Å². The molecular formula is C17H17ClFN5. The van der Waals surface area contributed by atoms with Gasteiger partial charge in [0.2, 0.25) is 0 Å². The number of piperidine rings is 1. The minimum absolute atomic E-state index is 0.215. The molecule has 0 radical (unpaired) electrons. The van der Waals surface area contributed by atoms with Crippen LogP contribution >= 0.6 is 11.6 Å². The second kappa shape index (κ2) is 6.02. The van der Waals surface area contributed by atoms with Gasteiger partial charge in [0.25, 0.3) is 5.78 Å². The van der Waals surface area contributed by atoms with Gasteiger partial charge in [-0.25, -0.2) is 9.37 Å². The van der Waals surface area contributed by atoms with Crippen LogP contribution in [0, 0.1) is 12.7 Å². The van der Waals surface area contributed by atoms with Crippen LogP contribution in [0.4, 0.5) is 10.2 Å². The van der Waals surface area contributed by atoms with Crippen molar-refractivity contribution in [3.05, 3.63) is 40.8 Å². The maximum atomic E-state index is 14.2. The van der Waals surface area contributed by atoms with Crippen LogP contribution in [0.2, 0.25) is 5.02 Å². The van der Waals surface area contributed by atoms with E-state index in [2.05, 4.69) is 20.0 Å². The lowest BCUT2D eigenvalue weighted by Crippen LogP contribution is -2.31. The Morgan fingerprint density at radius 1 is 1.12 bits per heavy atom. The Labute approximate surface area is 144 Å². The van der Waals surface area contributed by atoms with E-state index in [4.69, 9.17) is 11.6 Å². The first-order chi connectivity index (χ1) is 11.6. The minimum Gasteiger partial charge on any atom is -0.356 e. The van der Waals surface area contributed by atoms with Crippen molar-refractivity contribution < 1.29 is 4.39 Å². The molecule has 0 amide bonds. The predicted octanol–water partition coefficient (Wildman–Crippen LogP) is 3.88. The third-order valence-electron chi connectivity index (χ3n) is 4.29. The molecule has 3 aromatic rings. The molecule has 1 fully saturated rings. The quantitative estimate of drug-likeness (QED) is 0.707. The monoisotopic (exact) mass is 345 g/mol. The Kier molecular flexibility index (Phi) is 3.84. The number of rotatable bonds is 2. The van der Waals surface area contributed by atoms with Crippen LogP contribution in [0.1, 0.15) is 25.0 Å².